The van der Waals surface area contributed by atoms with Crippen LogP contribution in [-0.4, -0.2) is 0 Å². The van der Waals surface area contributed by atoms with E-state index in [2.05, 4.69) is 0 Å². The summed E-state index contributed by atoms with van der Waals surface area (Å²) in [5.41, 5.74) is -0.614. The fourth-order valence-electron chi connectivity index (χ4n) is 2.40. The zero-order chi connectivity index (χ0) is 16.3. The van der Waals surface area contributed by atoms with Crippen LogP contribution in [0.4, 0.5) is 13.2 Å². The van der Waals surface area contributed by atoms with Crippen LogP contribution in [0.15, 0.2) is 84.9 Å². The highest BCUT2D eigenvalue weighted by molar-refractivity contribution is 7.79. The van der Waals surface area contributed by atoms with Gasteiger partial charge in [-0.1, -0.05) is 72.8 Å². The van der Waals surface area contributed by atoms with Gasteiger partial charge in [0.2, 0.25) is 0 Å². The quantitative estimate of drug-likeness (QED) is 0.622. The topological polar surface area (TPSA) is 0 Å². The Morgan fingerprint density at radius 3 is 1.30 bits per heavy atom. The molecule has 3 aromatic carbocycles. The normalized spacial score (nSPS) is 11.7. The molecule has 0 atom stereocenters. The average Bonchev–Trinajstić information content (AvgIpc) is 2.57. The van der Waals surface area contributed by atoms with E-state index in [1.165, 1.54) is 0 Å². The second-order valence-electron chi connectivity index (χ2n) is 5.05. The SMILES string of the molecule is FC(F)(F)c1ccc(P(c2ccccc2)c2ccccc2)cc1. The van der Waals surface area contributed by atoms with Gasteiger partial charge in [-0.25, -0.2) is 0 Å². The van der Waals surface area contributed by atoms with Crippen LogP contribution in [0.3, 0.4) is 0 Å². The first-order valence-corrected chi connectivity index (χ1v) is 8.47. The minimum Gasteiger partial charge on any atom is -0.166 e. The van der Waals surface area contributed by atoms with Gasteiger partial charge in [-0.05, 0) is 36.0 Å². The maximum Gasteiger partial charge on any atom is 0.416 e. The van der Waals surface area contributed by atoms with E-state index >= 15 is 0 Å². The Morgan fingerprint density at radius 2 is 0.913 bits per heavy atom. The molecule has 0 aromatic heterocycles. The first-order valence-electron chi connectivity index (χ1n) is 7.13. The Kier molecular flexibility index (Phi) is 4.49. The molecule has 0 saturated heterocycles. The van der Waals surface area contributed by atoms with Crippen LogP contribution < -0.4 is 15.9 Å². The maximum atomic E-state index is 12.8. The highest BCUT2D eigenvalue weighted by Crippen LogP contribution is 2.34. The fraction of sp³-hybridized carbons (Fsp3) is 0.0526. The van der Waals surface area contributed by atoms with Gasteiger partial charge in [0.15, 0.2) is 0 Å². The minimum atomic E-state index is -4.30. The Hall–Kier alpha value is -2.12. The molecule has 3 aromatic rings. The van der Waals surface area contributed by atoms with Crippen LogP contribution in [0.25, 0.3) is 0 Å². The molecule has 0 unspecified atom stereocenters. The monoisotopic (exact) mass is 330 g/mol. The number of rotatable bonds is 3. The molecule has 0 saturated carbocycles. The zero-order valence-corrected chi connectivity index (χ0v) is 13.1. The molecule has 0 aliphatic rings. The van der Waals surface area contributed by atoms with E-state index in [9.17, 15) is 13.2 Å². The van der Waals surface area contributed by atoms with Crippen molar-refractivity contribution < 1.29 is 13.2 Å². The predicted molar refractivity (Wildman–Crippen MR) is 90.2 cm³/mol. The van der Waals surface area contributed by atoms with Gasteiger partial charge in [0.05, 0.1) is 5.56 Å². The summed E-state index contributed by atoms with van der Waals surface area (Å²) in [6.45, 7) is 0. The summed E-state index contributed by atoms with van der Waals surface area (Å²) in [5.74, 6) is 0. The first-order chi connectivity index (χ1) is 11.1. The molecule has 0 fully saturated rings. The van der Waals surface area contributed by atoms with Crippen molar-refractivity contribution in [2.45, 2.75) is 6.18 Å². The van der Waals surface area contributed by atoms with Crippen LogP contribution in [0.2, 0.25) is 0 Å². The number of hydrogen-bond donors (Lipinski definition) is 0. The highest BCUT2D eigenvalue weighted by atomic mass is 31.1. The lowest BCUT2D eigenvalue weighted by Crippen LogP contribution is -2.20. The molecule has 0 nitrogen and oxygen atoms in total. The minimum absolute atomic E-state index is 0.614. The molecule has 0 N–H and O–H groups in total. The van der Waals surface area contributed by atoms with Gasteiger partial charge in [-0.2, -0.15) is 13.2 Å². The molecule has 0 amide bonds. The molecule has 4 heteroatoms. The summed E-state index contributed by atoms with van der Waals surface area (Å²) in [4.78, 5) is 0. The molecule has 0 bridgehead atoms. The van der Waals surface area contributed by atoms with Gasteiger partial charge in [0.1, 0.15) is 0 Å². The number of halogens is 3. The summed E-state index contributed by atoms with van der Waals surface area (Å²) in [7, 11) is -0.862. The van der Waals surface area contributed by atoms with Crippen molar-refractivity contribution in [2.24, 2.45) is 0 Å². The van der Waals surface area contributed by atoms with Crippen molar-refractivity contribution in [3.8, 4) is 0 Å². The van der Waals surface area contributed by atoms with Crippen molar-refractivity contribution in [3.05, 3.63) is 90.5 Å². The van der Waals surface area contributed by atoms with Crippen molar-refractivity contribution >= 4 is 23.8 Å². The second-order valence-corrected chi connectivity index (χ2v) is 7.27. The largest absolute Gasteiger partial charge is 0.416 e. The molecule has 116 valence electrons. The highest BCUT2D eigenvalue weighted by Gasteiger charge is 2.30. The number of hydrogen-bond acceptors (Lipinski definition) is 0. The molecule has 23 heavy (non-hydrogen) atoms. The fourth-order valence-corrected chi connectivity index (χ4v) is 4.68. The summed E-state index contributed by atoms with van der Waals surface area (Å²) >= 11 is 0. The predicted octanol–water partition coefficient (Wildman–Crippen LogP) is 4.46. The standard InChI is InChI=1S/C19H14F3P/c20-19(21,22)15-11-13-18(14-12-15)23(16-7-3-1-4-8-16)17-9-5-2-6-10-17/h1-14H. The molecule has 3 rings (SSSR count). The lowest BCUT2D eigenvalue weighted by Gasteiger charge is -2.19. The van der Waals surface area contributed by atoms with E-state index in [4.69, 9.17) is 0 Å². The molecular formula is C19H14F3P. The summed E-state index contributed by atoms with van der Waals surface area (Å²) in [5, 5.41) is 3.15. The van der Waals surface area contributed by atoms with Crippen molar-refractivity contribution in [3.63, 3.8) is 0 Å². The molecular weight excluding hydrogens is 316 g/mol. The third kappa shape index (κ3) is 3.62. The van der Waals surface area contributed by atoms with Gasteiger partial charge in [0, 0.05) is 0 Å². The smallest absolute Gasteiger partial charge is 0.166 e. The molecule has 0 spiro atoms. The van der Waals surface area contributed by atoms with Gasteiger partial charge in [0.25, 0.3) is 0 Å². The van der Waals surface area contributed by atoms with E-state index in [1.54, 1.807) is 12.1 Å². The summed E-state index contributed by atoms with van der Waals surface area (Å²) in [6, 6.07) is 25.3. The van der Waals surface area contributed by atoms with Crippen molar-refractivity contribution in [2.75, 3.05) is 0 Å². The third-order valence-electron chi connectivity index (χ3n) is 3.48. The van der Waals surface area contributed by atoms with Gasteiger partial charge < -0.3 is 0 Å². The van der Waals surface area contributed by atoms with Gasteiger partial charge >= 0.3 is 6.18 Å². The van der Waals surface area contributed by atoms with Crippen LogP contribution in [0, 0.1) is 0 Å². The Balaban J connectivity index is 2.06. The van der Waals surface area contributed by atoms with E-state index < -0.39 is 19.7 Å². The van der Waals surface area contributed by atoms with Crippen LogP contribution in [0.5, 0.6) is 0 Å². The van der Waals surface area contributed by atoms with Crippen molar-refractivity contribution in [1.29, 1.82) is 0 Å². The van der Waals surface area contributed by atoms with E-state index in [1.807, 2.05) is 60.7 Å². The Morgan fingerprint density at radius 1 is 0.522 bits per heavy atom. The Bertz CT molecular complexity index is 711. The lowest BCUT2D eigenvalue weighted by molar-refractivity contribution is -0.137. The van der Waals surface area contributed by atoms with E-state index in [0.717, 1.165) is 28.0 Å². The summed E-state index contributed by atoms with van der Waals surface area (Å²) < 4.78 is 38.3. The number of alkyl halides is 3. The molecule has 0 aliphatic heterocycles. The average molecular weight is 330 g/mol. The maximum absolute atomic E-state index is 12.8. The zero-order valence-electron chi connectivity index (χ0n) is 12.2. The molecule has 0 heterocycles. The summed E-state index contributed by atoms with van der Waals surface area (Å²) in [6.07, 6.45) is -4.30. The molecule has 0 aliphatic carbocycles. The second kappa shape index (κ2) is 6.55. The number of benzene rings is 3. The third-order valence-corrected chi connectivity index (χ3v) is 5.93. The lowest BCUT2D eigenvalue weighted by atomic mass is 10.2. The first kappa shape index (κ1) is 15.8. The van der Waals surface area contributed by atoms with E-state index in [0.29, 0.717) is 0 Å². The van der Waals surface area contributed by atoms with Crippen molar-refractivity contribution in [1.82, 2.24) is 0 Å². The van der Waals surface area contributed by atoms with Crippen LogP contribution in [-0.2, 0) is 6.18 Å². The van der Waals surface area contributed by atoms with Crippen LogP contribution >= 0.6 is 7.92 Å². The van der Waals surface area contributed by atoms with Gasteiger partial charge in [-0.3, -0.25) is 0 Å². The molecule has 0 radical (unpaired) electrons. The van der Waals surface area contributed by atoms with Crippen LogP contribution in [0.1, 0.15) is 5.56 Å². The van der Waals surface area contributed by atoms with E-state index in [-0.39, 0.29) is 0 Å². The Labute approximate surface area is 134 Å². The van der Waals surface area contributed by atoms with Gasteiger partial charge in [-0.15, -0.1) is 0 Å².